The molecule has 0 saturated heterocycles. The Labute approximate surface area is 247 Å². The Bertz CT molecular complexity index is 1280. The summed E-state index contributed by atoms with van der Waals surface area (Å²) >= 11 is 5.62. The Morgan fingerprint density at radius 1 is 1.21 bits per heavy atom. The third kappa shape index (κ3) is 9.72. The Balaban J connectivity index is 0.00000206. The largest absolute Gasteiger partial charge is 0.434 e. The SMILES string of the molecule is CCn1nc(C(=O)NCC2(O)CCC(C)CC2)c(Cl)c1-c1cnc(NC(C(F)(F)F)C(F)(F)F)cc1OC(F)F.O=S=O. The molecule has 0 spiro atoms. The summed E-state index contributed by atoms with van der Waals surface area (Å²) in [7, 11) is 0. The van der Waals surface area contributed by atoms with Crippen LogP contribution in [0.5, 0.6) is 5.75 Å². The van der Waals surface area contributed by atoms with Crippen LogP contribution in [0.1, 0.15) is 50.0 Å². The maximum atomic E-state index is 13.2. The van der Waals surface area contributed by atoms with Crippen LogP contribution in [0.15, 0.2) is 12.3 Å². The molecular formula is C23H26ClF8N5O5S. The quantitative estimate of drug-likeness (QED) is 0.313. The zero-order valence-electron chi connectivity index (χ0n) is 22.4. The van der Waals surface area contributed by atoms with E-state index in [2.05, 4.69) is 20.1 Å². The lowest BCUT2D eigenvalue weighted by Crippen LogP contribution is -2.48. The molecule has 0 atom stereocenters. The van der Waals surface area contributed by atoms with E-state index in [0.717, 1.165) is 22.8 Å². The number of aliphatic hydroxyl groups is 1. The second-order valence-corrected chi connectivity index (χ2v) is 10.1. The fraction of sp³-hybridized carbons (Fsp3) is 0.609. The number of carbonyl (C=O) groups excluding carboxylic acids is 1. The molecule has 2 aromatic rings. The van der Waals surface area contributed by atoms with Gasteiger partial charge in [0, 0.05) is 25.4 Å². The second kappa shape index (κ2) is 14.6. The van der Waals surface area contributed by atoms with Crippen molar-refractivity contribution in [2.24, 2.45) is 5.92 Å². The third-order valence-corrected chi connectivity index (χ3v) is 6.83. The van der Waals surface area contributed by atoms with Gasteiger partial charge in [-0.2, -0.15) is 48.6 Å². The summed E-state index contributed by atoms with van der Waals surface area (Å²) in [6.45, 7) is -0.0269. The van der Waals surface area contributed by atoms with E-state index >= 15 is 0 Å². The van der Waals surface area contributed by atoms with E-state index in [1.807, 2.05) is 6.92 Å². The van der Waals surface area contributed by atoms with Gasteiger partial charge in [-0.25, -0.2) is 4.98 Å². The number of halogens is 9. The lowest BCUT2D eigenvalue weighted by molar-refractivity contribution is -0.242. The molecule has 1 aliphatic rings. The van der Waals surface area contributed by atoms with Crippen LogP contribution in [0.25, 0.3) is 11.3 Å². The number of amides is 1. The summed E-state index contributed by atoms with van der Waals surface area (Å²) in [5, 5.41) is 18.1. The van der Waals surface area contributed by atoms with E-state index in [4.69, 9.17) is 20.0 Å². The van der Waals surface area contributed by atoms with Gasteiger partial charge in [0.2, 0.25) is 6.04 Å². The zero-order valence-corrected chi connectivity index (χ0v) is 23.9. The lowest BCUT2D eigenvalue weighted by atomic mass is 9.79. The van der Waals surface area contributed by atoms with E-state index in [-0.39, 0.29) is 35.1 Å². The minimum absolute atomic E-state index is 0.0164. The van der Waals surface area contributed by atoms with Gasteiger partial charge < -0.3 is 20.5 Å². The topological polar surface area (TPSA) is 135 Å². The number of aromatic nitrogens is 3. The first kappa shape index (κ1) is 36.1. The summed E-state index contributed by atoms with van der Waals surface area (Å²) in [5.41, 5.74) is -2.07. The van der Waals surface area contributed by atoms with Gasteiger partial charge in [0.15, 0.2) is 5.69 Å². The monoisotopic (exact) mass is 671 g/mol. The normalized spacial score (nSPS) is 19.1. The number of nitrogens with one attached hydrogen (secondary N) is 2. The molecule has 2 heterocycles. The number of ether oxygens (including phenoxy) is 1. The number of anilines is 1. The molecule has 1 amide bonds. The van der Waals surface area contributed by atoms with Gasteiger partial charge >= 0.3 is 30.5 Å². The number of alkyl halides is 8. The molecule has 10 nitrogen and oxygen atoms in total. The molecule has 0 aromatic carbocycles. The van der Waals surface area contributed by atoms with Gasteiger partial charge in [0.05, 0.1) is 21.9 Å². The summed E-state index contributed by atoms with van der Waals surface area (Å²) < 4.78 is 126. The first-order valence-electron chi connectivity index (χ1n) is 12.4. The number of rotatable bonds is 9. The standard InChI is InChI=1S/C23H26ClF8N5O3.O2S/c1-3-37-17(15(24)16(36-37)18(38)34-10-21(39)6-4-11(2)5-7-21)12-9-33-14(8-13(12)40-20(25)26)35-19(22(27,28)29)23(30,31)32;1-3-2/h8-9,11,19-20,39H,3-7,10H2,1-2H3,(H,33,35)(H,34,38);. The van der Waals surface area contributed by atoms with Gasteiger partial charge in [-0.15, -0.1) is 0 Å². The van der Waals surface area contributed by atoms with Crippen molar-refractivity contribution in [2.45, 2.75) is 76.7 Å². The average Bonchev–Trinajstić information content (AvgIpc) is 3.23. The van der Waals surface area contributed by atoms with E-state index < -0.39 is 59.7 Å². The van der Waals surface area contributed by atoms with Gasteiger partial charge in [0.25, 0.3) is 5.91 Å². The number of hydrogen-bond acceptors (Lipinski definition) is 8. The maximum Gasteiger partial charge on any atom is 0.417 e. The highest BCUT2D eigenvalue weighted by molar-refractivity contribution is 7.51. The van der Waals surface area contributed by atoms with Crippen molar-refractivity contribution in [3.05, 3.63) is 23.0 Å². The number of nitrogens with zero attached hydrogens (tertiary/aromatic N) is 3. The molecule has 0 unspecified atom stereocenters. The van der Waals surface area contributed by atoms with Crippen molar-refractivity contribution in [1.82, 2.24) is 20.1 Å². The molecule has 2 aromatic heterocycles. The van der Waals surface area contributed by atoms with E-state index in [1.54, 1.807) is 6.92 Å². The fourth-order valence-electron chi connectivity index (χ4n) is 4.26. The van der Waals surface area contributed by atoms with Gasteiger partial charge in [-0.3, -0.25) is 9.48 Å². The van der Waals surface area contributed by atoms with Crippen molar-refractivity contribution < 1.29 is 58.2 Å². The summed E-state index contributed by atoms with van der Waals surface area (Å²) in [6, 6.07) is -3.62. The molecule has 0 radical (unpaired) electrons. The van der Waals surface area contributed by atoms with Crippen LogP contribution in [0.2, 0.25) is 5.02 Å². The first-order chi connectivity index (χ1) is 19.9. The molecule has 1 aliphatic carbocycles. The fourth-order valence-corrected chi connectivity index (χ4v) is 4.58. The number of carbonyl (C=O) groups is 1. The molecule has 43 heavy (non-hydrogen) atoms. The minimum atomic E-state index is -5.78. The molecule has 3 rings (SSSR count). The van der Waals surface area contributed by atoms with Gasteiger partial charge in [-0.05, 0) is 38.5 Å². The molecule has 0 aliphatic heterocycles. The van der Waals surface area contributed by atoms with Crippen LogP contribution in [-0.4, -0.2) is 71.3 Å². The molecule has 1 fully saturated rings. The smallest absolute Gasteiger partial charge is 0.417 e. The van der Waals surface area contributed by atoms with Crippen LogP contribution in [-0.2, 0) is 18.1 Å². The van der Waals surface area contributed by atoms with Crippen molar-refractivity contribution in [2.75, 3.05) is 11.9 Å². The highest BCUT2D eigenvalue weighted by Crippen LogP contribution is 2.40. The molecule has 1 saturated carbocycles. The van der Waals surface area contributed by atoms with Crippen molar-refractivity contribution in [3.8, 4) is 17.0 Å². The second-order valence-electron chi connectivity index (χ2n) is 9.59. The summed E-state index contributed by atoms with van der Waals surface area (Å²) in [6.07, 6.45) is -8.44. The van der Waals surface area contributed by atoms with Crippen LogP contribution in [0.3, 0.4) is 0 Å². The van der Waals surface area contributed by atoms with Crippen molar-refractivity contribution in [1.29, 1.82) is 0 Å². The number of hydrogen-bond donors (Lipinski definition) is 3. The Morgan fingerprint density at radius 3 is 2.26 bits per heavy atom. The molecule has 242 valence electrons. The van der Waals surface area contributed by atoms with Gasteiger partial charge in [-0.1, -0.05) is 18.5 Å². The van der Waals surface area contributed by atoms with Crippen LogP contribution in [0.4, 0.5) is 40.9 Å². The highest BCUT2D eigenvalue weighted by atomic mass is 35.5. The van der Waals surface area contributed by atoms with Crippen LogP contribution in [0, 0.1) is 5.92 Å². The molecular weight excluding hydrogens is 646 g/mol. The zero-order chi connectivity index (χ0) is 32.8. The van der Waals surface area contributed by atoms with Crippen LogP contribution < -0.4 is 15.4 Å². The lowest BCUT2D eigenvalue weighted by Gasteiger charge is -2.34. The molecule has 20 heteroatoms. The summed E-state index contributed by atoms with van der Waals surface area (Å²) in [5.74, 6) is -2.30. The molecule has 0 bridgehead atoms. The van der Waals surface area contributed by atoms with Crippen molar-refractivity contribution >= 4 is 34.9 Å². The number of aryl methyl sites for hydroxylation is 1. The van der Waals surface area contributed by atoms with E-state index in [9.17, 15) is 45.0 Å². The van der Waals surface area contributed by atoms with Gasteiger partial charge in [0.1, 0.15) is 11.6 Å². The average molecular weight is 672 g/mol. The molecule has 3 N–H and O–H groups in total. The Morgan fingerprint density at radius 2 is 1.77 bits per heavy atom. The summed E-state index contributed by atoms with van der Waals surface area (Å²) in [4.78, 5) is 16.4. The Kier molecular flexibility index (Phi) is 12.3. The van der Waals surface area contributed by atoms with E-state index in [0.29, 0.717) is 31.0 Å². The maximum absolute atomic E-state index is 13.2. The third-order valence-electron chi connectivity index (χ3n) is 6.48. The van der Waals surface area contributed by atoms with Crippen molar-refractivity contribution in [3.63, 3.8) is 0 Å². The minimum Gasteiger partial charge on any atom is -0.434 e. The predicted molar refractivity (Wildman–Crippen MR) is 136 cm³/mol. The van der Waals surface area contributed by atoms with Crippen LogP contribution >= 0.6 is 11.6 Å². The first-order valence-corrected chi connectivity index (χ1v) is 13.4. The highest BCUT2D eigenvalue weighted by Gasteiger charge is 2.57. The number of pyridine rings is 1. The van der Waals surface area contributed by atoms with E-state index in [1.165, 1.54) is 0 Å². The Hall–Kier alpha value is -3.06. The predicted octanol–water partition coefficient (Wildman–Crippen LogP) is 5.13.